The van der Waals surface area contributed by atoms with Gasteiger partial charge in [-0.15, -0.1) is 0 Å². The number of ether oxygens (including phenoxy) is 2. The zero-order valence-corrected chi connectivity index (χ0v) is 11.1. The molecule has 0 saturated carbocycles. The quantitative estimate of drug-likeness (QED) is 0.868. The van der Waals surface area contributed by atoms with Crippen molar-refractivity contribution in [3.8, 4) is 5.75 Å². The van der Waals surface area contributed by atoms with E-state index in [-0.39, 0.29) is 6.61 Å². The van der Waals surface area contributed by atoms with Gasteiger partial charge in [0.05, 0.1) is 13.7 Å². The molecule has 0 atom stereocenters. The lowest BCUT2D eigenvalue weighted by atomic mass is 10.2. The first-order valence-electron chi connectivity index (χ1n) is 5.63. The summed E-state index contributed by atoms with van der Waals surface area (Å²) in [5.74, 6) is 0.519. The average Bonchev–Trinajstić information content (AvgIpc) is 2.26. The fourth-order valence-electron chi connectivity index (χ4n) is 1.37. The second kappa shape index (κ2) is 5.73. The van der Waals surface area contributed by atoms with Crippen molar-refractivity contribution in [2.24, 2.45) is 0 Å². The maximum Gasteiger partial charge on any atom is 0.412 e. The van der Waals surface area contributed by atoms with Crippen LogP contribution in [-0.2, 0) is 11.3 Å². The fraction of sp³-hybridized carbons (Fsp3) is 0.462. The Morgan fingerprint density at radius 3 is 2.56 bits per heavy atom. The highest BCUT2D eigenvalue weighted by atomic mass is 16.6. The van der Waals surface area contributed by atoms with E-state index in [9.17, 15) is 4.79 Å². The Hall–Kier alpha value is -1.75. The molecule has 0 spiro atoms. The molecule has 0 heterocycles. The Bertz CT molecular complexity index is 423. The molecule has 1 aromatic rings. The van der Waals surface area contributed by atoms with Crippen molar-refractivity contribution in [3.63, 3.8) is 0 Å². The Morgan fingerprint density at radius 1 is 1.39 bits per heavy atom. The number of carbonyl (C=O) groups excluding carboxylic acids is 1. The molecule has 0 aromatic heterocycles. The third kappa shape index (κ3) is 4.25. The monoisotopic (exact) mass is 253 g/mol. The minimum absolute atomic E-state index is 0.115. The molecular weight excluding hydrogens is 234 g/mol. The molecule has 0 saturated heterocycles. The fourth-order valence-corrected chi connectivity index (χ4v) is 1.37. The molecule has 100 valence electrons. The number of methoxy groups -OCH3 is 1. The number of benzene rings is 1. The summed E-state index contributed by atoms with van der Waals surface area (Å²) in [5.41, 5.74) is 0.671. The Labute approximate surface area is 107 Å². The number of carbonyl (C=O) groups is 1. The van der Waals surface area contributed by atoms with Gasteiger partial charge in [0.25, 0.3) is 0 Å². The van der Waals surface area contributed by atoms with Crippen molar-refractivity contribution in [3.05, 3.63) is 23.8 Å². The number of hydrogen-bond acceptors (Lipinski definition) is 4. The molecular formula is C13H19NO4. The number of nitrogens with one attached hydrogen (secondary N) is 1. The minimum atomic E-state index is -0.542. The molecule has 0 unspecified atom stereocenters. The van der Waals surface area contributed by atoms with Crippen molar-refractivity contribution in [1.82, 2.24) is 0 Å². The van der Waals surface area contributed by atoms with Crippen LogP contribution in [0.4, 0.5) is 10.5 Å². The van der Waals surface area contributed by atoms with Crippen molar-refractivity contribution < 1.29 is 19.4 Å². The topological polar surface area (TPSA) is 67.8 Å². The van der Waals surface area contributed by atoms with Crippen LogP contribution in [0.15, 0.2) is 18.2 Å². The summed E-state index contributed by atoms with van der Waals surface area (Å²) in [7, 11) is 1.51. The van der Waals surface area contributed by atoms with Crippen LogP contribution in [0.2, 0.25) is 0 Å². The zero-order valence-electron chi connectivity index (χ0n) is 11.1. The molecule has 0 radical (unpaired) electrons. The van der Waals surface area contributed by atoms with Crippen molar-refractivity contribution in [1.29, 1.82) is 0 Å². The average molecular weight is 253 g/mol. The van der Waals surface area contributed by atoms with Gasteiger partial charge in [-0.05, 0) is 26.8 Å². The largest absolute Gasteiger partial charge is 0.496 e. The highest BCUT2D eigenvalue weighted by molar-refractivity contribution is 5.85. The van der Waals surface area contributed by atoms with E-state index in [0.29, 0.717) is 17.0 Å². The van der Waals surface area contributed by atoms with Gasteiger partial charge in [-0.1, -0.05) is 6.07 Å². The molecule has 0 bridgehead atoms. The van der Waals surface area contributed by atoms with Crippen LogP contribution in [0.3, 0.4) is 0 Å². The van der Waals surface area contributed by atoms with Gasteiger partial charge in [0.1, 0.15) is 11.4 Å². The van der Waals surface area contributed by atoms with E-state index in [1.165, 1.54) is 7.11 Å². The molecule has 0 aliphatic heterocycles. The first kappa shape index (κ1) is 14.3. The van der Waals surface area contributed by atoms with Crippen LogP contribution in [0, 0.1) is 0 Å². The van der Waals surface area contributed by atoms with Crippen LogP contribution in [0.1, 0.15) is 26.3 Å². The minimum Gasteiger partial charge on any atom is -0.496 e. The van der Waals surface area contributed by atoms with Gasteiger partial charge in [0.2, 0.25) is 0 Å². The van der Waals surface area contributed by atoms with E-state index in [4.69, 9.17) is 14.6 Å². The Kier molecular flexibility index (Phi) is 4.55. The maximum atomic E-state index is 11.6. The third-order valence-electron chi connectivity index (χ3n) is 2.10. The van der Waals surface area contributed by atoms with Gasteiger partial charge in [-0.3, -0.25) is 5.32 Å². The predicted octanol–water partition coefficient (Wildman–Crippen LogP) is 2.53. The molecule has 18 heavy (non-hydrogen) atoms. The normalized spacial score (nSPS) is 10.9. The summed E-state index contributed by atoms with van der Waals surface area (Å²) in [6.45, 7) is 5.27. The lowest BCUT2D eigenvalue weighted by Gasteiger charge is -2.20. The van der Waals surface area contributed by atoms with E-state index in [0.717, 1.165) is 0 Å². The molecule has 1 aromatic carbocycles. The number of hydrogen-bond donors (Lipinski definition) is 2. The number of amides is 1. The molecule has 5 heteroatoms. The lowest BCUT2D eigenvalue weighted by Crippen LogP contribution is -2.27. The van der Waals surface area contributed by atoms with E-state index in [1.807, 2.05) is 0 Å². The summed E-state index contributed by atoms with van der Waals surface area (Å²) in [6, 6.07) is 5.00. The number of aliphatic hydroxyl groups is 1. The maximum absolute atomic E-state index is 11.6. The lowest BCUT2D eigenvalue weighted by molar-refractivity contribution is 0.0636. The van der Waals surface area contributed by atoms with Gasteiger partial charge in [-0.2, -0.15) is 0 Å². The predicted molar refractivity (Wildman–Crippen MR) is 68.8 cm³/mol. The van der Waals surface area contributed by atoms with Crippen molar-refractivity contribution in [2.75, 3.05) is 12.4 Å². The van der Waals surface area contributed by atoms with Crippen LogP contribution in [-0.4, -0.2) is 23.9 Å². The molecule has 5 nitrogen and oxygen atoms in total. The van der Waals surface area contributed by atoms with E-state index < -0.39 is 11.7 Å². The van der Waals surface area contributed by atoms with Crippen LogP contribution >= 0.6 is 0 Å². The number of rotatable bonds is 3. The van der Waals surface area contributed by atoms with Gasteiger partial charge in [0.15, 0.2) is 0 Å². The van der Waals surface area contributed by atoms with Crippen LogP contribution in [0.5, 0.6) is 5.75 Å². The van der Waals surface area contributed by atoms with E-state index in [1.54, 1.807) is 39.0 Å². The zero-order chi connectivity index (χ0) is 13.8. The summed E-state index contributed by atoms with van der Waals surface area (Å²) in [5, 5.41) is 11.7. The molecule has 1 amide bonds. The summed E-state index contributed by atoms with van der Waals surface area (Å²) >= 11 is 0. The van der Waals surface area contributed by atoms with Gasteiger partial charge < -0.3 is 14.6 Å². The van der Waals surface area contributed by atoms with Gasteiger partial charge in [0, 0.05) is 17.3 Å². The van der Waals surface area contributed by atoms with E-state index >= 15 is 0 Å². The van der Waals surface area contributed by atoms with Gasteiger partial charge >= 0.3 is 6.09 Å². The van der Waals surface area contributed by atoms with Crippen molar-refractivity contribution >= 4 is 11.8 Å². The summed E-state index contributed by atoms with van der Waals surface area (Å²) < 4.78 is 10.2. The highest BCUT2D eigenvalue weighted by Gasteiger charge is 2.16. The Balaban J connectivity index is 2.76. The standard InChI is InChI=1S/C13H19NO4/c1-13(2,3)18-12(16)14-10-6-5-9(8-15)11(7-10)17-4/h5-7,15H,8H2,1-4H3,(H,14,16). The molecule has 1 rings (SSSR count). The SMILES string of the molecule is COc1cc(NC(=O)OC(C)(C)C)ccc1CO. The van der Waals surface area contributed by atoms with Crippen LogP contribution < -0.4 is 10.1 Å². The Morgan fingerprint density at radius 2 is 2.06 bits per heavy atom. The number of anilines is 1. The highest BCUT2D eigenvalue weighted by Crippen LogP contribution is 2.23. The second-order valence-electron chi connectivity index (χ2n) is 4.81. The molecule has 2 N–H and O–H groups in total. The first-order chi connectivity index (χ1) is 8.35. The molecule has 0 fully saturated rings. The summed E-state index contributed by atoms with van der Waals surface area (Å²) in [4.78, 5) is 11.6. The number of aliphatic hydroxyl groups excluding tert-OH is 1. The first-order valence-corrected chi connectivity index (χ1v) is 5.63. The smallest absolute Gasteiger partial charge is 0.412 e. The molecule has 0 aliphatic rings. The third-order valence-corrected chi connectivity index (χ3v) is 2.10. The summed E-state index contributed by atoms with van der Waals surface area (Å²) in [6.07, 6.45) is -0.527. The second-order valence-corrected chi connectivity index (χ2v) is 4.81. The molecule has 0 aliphatic carbocycles. The van der Waals surface area contributed by atoms with Gasteiger partial charge in [-0.25, -0.2) is 4.79 Å². The van der Waals surface area contributed by atoms with E-state index in [2.05, 4.69) is 5.32 Å². The van der Waals surface area contributed by atoms with Crippen LogP contribution in [0.25, 0.3) is 0 Å². The van der Waals surface area contributed by atoms with Crippen molar-refractivity contribution in [2.45, 2.75) is 33.0 Å².